The van der Waals surface area contributed by atoms with Gasteiger partial charge in [0.1, 0.15) is 0 Å². The Morgan fingerprint density at radius 3 is 2.13 bits per heavy atom. The van der Waals surface area contributed by atoms with Crippen molar-refractivity contribution in [2.75, 3.05) is 13.1 Å². The molecule has 0 fully saturated rings. The number of hydrogen-bond donors (Lipinski definition) is 2. The summed E-state index contributed by atoms with van der Waals surface area (Å²) in [5.74, 6) is 0.170. The van der Waals surface area contributed by atoms with Gasteiger partial charge in [-0.15, -0.1) is 0 Å². The van der Waals surface area contributed by atoms with Crippen LogP contribution in [0.1, 0.15) is 33.1 Å². The molecule has 0 aliphatic carbocycles. The van der Waals surface area contributed by atoms with Crippen LogP contribution in [0.2, 0.25) is 0 Å². The summed E-state index contributed by atoms with van der Waals surface area (Å²) in [6, 6.07) is 0. The van der Waals surface area contributed by atoms with Crippen LogP contribution < -0.4 is 5.32 Å². The van der Waals surface area contributed by atoms with Gasteiger partial charge in [0.25, 0.3) is 0 Å². The van der Waals surface area contributed by atoms with Crippen molar-refractivity contribution in [3.05, 3.63) is 0 Å². The minimum Gasteiger partial charge on any atom is -0.392 e. The Morgan fingerprint density at radius 1 is 1.20 bits per heavy atom. The predicted octanol–water partition coefficient (Wildman–Crippen LogP) is 2.33. The minimum atomic E-state index is -4.12. The number of nitrogens with one attached hydrogen (secondary N) is 1. The second kappa shape index (κ2) is 7.06. The summed E-state index contributed by atoms with van der Waals surface area (Å²) in [6.45, 7) is 4.04. The zero-order valence-electron chi connectivity index (χ0n) is 9.27. The van der Waals surface area contributed by atoms with Gasteiger partial charge in [0, 0.05) is 13.1 Å². The third-order valence-electron chi connectivity index (χ3n) is 2.53. The first-order valence-electron chi connectivity index (χ1n) is 5.36. The molecule has 0 spiro atoms. The van der Waals surface area contributed by atoms with Gasteiger partial charge in [-0.1, -0.05) is 26.7 Å². The summed E-state index contributed by atoms with van der Waals surface area (Å²) in [5, 5.41) is 12.2. The van der Waals surface area contributed by atoms with Gasteiger partial charge in [-0.25, -0.2) is 0 Å². The molecule has 0 heterocycles. The molecular weight excluding hydrogens is 207 g/mol. The molecule has 0 radical (unpaired) electrons. The van der Waals surface area contributed by atoms with Crippen molar-refractivity contribution in [2.45, 2.75) is 45.4 Å². The van der Waals surface area contributed by atoms with E-state index in [2.05, 4.69) is 5.32 Å². The van der Waals surface area contributed by atoms with E-state index in [1.54, 1.807) is 0 Å². The summed E-state index contributed by atoms with van der Waals surface area (Å²) < 4.78 is 35.3. The Labute approximate surface area is 88.9 Å². The van der Waals surface area contributed by atoms with Crippen molar-refractivity contribution in [2.24, 2.45) is 5.92 Å². The highest BCUT2D eigenvalue weighted by Gasteiger charge is 2.26. The average molecular weight is 227 g/mol. The van der Waals surface area contributed by atoms with E-state index >= 15 is 0 Å². The lowest BCUT2D eigenvalue weighted by Crippen LogP contribution is -2.34. The Bertz CT molecular complexity index is 157. The first-order chi connectivity index (χ1) is 6.90. The molecule has 0 saturated carbocycles. The summed E-state index contributed by atoms with van der Waals surface area (Å²) in [5.41, 5.74) is 0. The molecule has 0 bridgehead atoms. The molecule has 1 unspecified atom stereocenters. The van der Waals surface area contributed by atoms with Crippen molar-refractivity contribution in [1.29, 1.82) is 0 Å². The summed E-state index contributed by atoms with van der Waals surface area (Å²) >= 11 is 0. The molecule has 92 valence electrons. The van der Waals surface area contributed by atoms with Gasteiger partial charge < -0.3 is 10.4 Å². The van der Waals surface area contributed by atoms with E-state index < -0.39 is 18.7 Å². The van der Waals surface area contributed by atoms with E-state index in [-0.39, 0.29) is 19.0 Å². The van der Waals surface area contributed by atoms with Crippen LogP contribution in [0.15, 0.2) is 0 Å². The zero-order valence-corrected chi connectivity index (χ0v) is 9.27. The molecule has 0 aliphatic rings. The Balaban J connectivity index is 3.58. The smallest absolute Gasteiger partial charge is 0.390 e. The molecule has 0 aromatic rings. The van der Waals surface area contributed by atoms with Gasteiger partial charge in [0.2, 0.25) is 0 Å². The van der Waals surface area contributed by atoms with Crippen molar-refractivity contribution in [3.63, 3.8) is 0 Å². The van der Waals surface area contributed by atoms with E-state index in [9.17, 15) is 18.3 Å². The predicted molar refractivity (Wildman–Crippen MR) is 53.6 cm³/mol. The van der Waals surface area contributed by atoms with E-state index in [0.717, 1.165) is 12.8 Å². The number of hydrogen-bond acceptors (Lipinski definition) is 2. The maximum Gasteiger partial charge on any atom is 0.390 e. The normalized spacial score (nSPS) is 14.6. The quantitative estimate of drug-likeness (QED) is 0.654. The topological polar surface area (TPSA) is 32.3 Å². The Kier molecular flexibility index (Phi) is 6.92. The fourth-order valence-electron chi connectivity index (χ4n) is 1.48. The van der Waals surface area contributed by atoms with Gasteiger partial charge >= 0.3 is 6.18 Å². The Morgan fingerprint density at radius 2 is 1.73 bits per heavy atom. The van der Waals surface area contributed by atoms with Gasteiger partial charge in [-0.3, -0.25) is 0 Å². The molecule has 0 amide bonds. The van der Waals surface area contributed by atoms with Crippen molar-refractivity contribution in [3.8, 4) is 0 Å². The molecule has 0 aliphatic heterocycles. The summed E-state index contributed by atoms with van der Waals surface area (Å²) in [6.07, 6.45) is -3.82. The standard InChI is InChI=1S/C10H20F3NO/c1-3-8(4-2)9(15)7-14-6-5-10(11,12)13/h8-9,14-15H,3-7H2,1-2H3. The van der Waals surface area contributed by atoms with E-state index in [1.165, 1.54) is 0 Å². The van der Waals surface area contributed by atoms with E-state index in [0.29, 0.717) is 0 Å². The second-order valence-electron chi connectivity index (χ2n) is 3.71. The molecule has 0 saturated heterocycles. The maximum absolute atomic E-state index is 11.8. The lowest BCUT2D eigenvalue weighted by Gasteiger charge is -2.20. The first-order valence-corrected chi connectivity index (χ1v) is 5.36. The second-order valence-corrected chi connectivity index (χ2v) is 3.71. The average Bonchev–Trinajstić information content (AvgIpc) is 2.13. The summed E-state index contributed by atoms with van der Waals surface area (Å²) in [7, 11) is 0. The molecule has 5 heteroatoms. The van der Waals surface area contributed by atoms with Crippen molar-refractivity contribution < 1.29 is 18.3 Å². The molecule has 0 aromatic carbocycles. The highest BCUT2D eigenvalue weighted by molar-refractivity contribution is 4.69. The zero-order chi connectivity index (χ0) is 11.9. The third kappa shape index (κ3) is 7.62. The SMILES string of the molecule is CCC(CC)C(O)CNCCC(F)(F)F. The summed E-state index contributed by atoms with van der Waals surface area (Å²) in [4.78, 5) is 0. The fourth-order valence-corrected chi connectivity index (χ4v) is 1.48. The van der Waals surface area contributed by atoms with Crippen LogP contribution in [-0.2, 0) is 0 Å². The molecule has 1 atom stereocenters. The van der Waals surface area contributed by atoms with E-state index in [1.807, 2.05) is 13.8 Å². The molecule has 2 N–H and O–H groups in total. The first kappa shape index (κ1) is 14.7. The number of alkyl halides is 3. The lowest BCUT2D eigenvalue weighted by atomic mass is 9.96. The molecular formula is C10H20F3NO. The molecule has 2 nitrogen and oxygen atoms in total. The van der Waals surface area contributed by atoms with Crippen LogP contribution in [0.4, 0.5) is 13.2 Å². The fraction of sp³-hybridized carbons (Fsp3) is 1.00. The van der Waals surface area contributed by atoms with Crippen LogP contribution in [0.5, 0.6) is 0 Å². The molecule has 15 heavy (non-hydrogen) atoms. The largest absolute Gasteiger partial charge is 0.392 e. The Hall–Kier alpha value is -0.290. The maximum atomic E-state index is 11.8. The highest BCUT2D eigenvalue weighted by atomic mass is 19.4. The van der Waals surface area contributed by atoms with Crippen LogP contribution >= 0.6 is 0 Å². The number of halogens is 3. The number of rotatable bonds is 7. The third-order valence-corrected chi connectivity index (χ3v) is 2.53. The van der Waals surface area contributed by atoms with Gasteiger partial charge in [0.15, 0.2) is 0 Å². The van der Waals surface area contributed by atoms with Crippen LogP contribution in [0.25, 0.3) is 0 Å². The molecule has 0 aromatic heterocycles. The van der Waals surface area contributed by atoms with Gasteiger partial charge in [-0.2, -0.15) is 13.2 Å². The molecule has 0 rings (SSSR count). The van der Waals surface area contributed by atoms with Gasteiger partial charge in [0.05, 0.1) is 12.5 Å². The van der Waals surface area contributed by atoms with Crippen LogP contribution in [0.3, 0.4) is 0 Å². The van der Waals surface area contributed by atoms with E-state index in [4.69, 9.17) is 0 Å². The lowest BCUT2D eigenvalue weighted by molar-refractivity contribution is -0.133. The minimum absolute atomic E-state index is 0.124. The van der Waals surface area contributed by atoms with Crippen molar-refractivity contribution >= 4 is 0 Å². The highest BCUT2D eigenvalue weighted by Crippen LogP contribution is 2.18. The van der Waals surface area contributed by atoms with Gasteiger partial charge in [-0.05, 0) is 5.92 Å². The van der Waals surface area contributed by atoms with Crippen LogP contribution in [-0.4, -0.2) is 30.5 Å². The number of aliphatic hydroxyl groups is 1. The monoisotopic (exact) mass is 227 g/mol. The number of aliphatic hydroxyl groups excluding tert-OH is 1. The van der Waals surface area contributed by atoms with Crippen LogP contribution in [0, 0.1) is 5.92 Å². The van der Waals surface area contributed by atoms with Crippen molar-refractivity contribution in [1.82, 2.24) is 5.32 Å².